The molecule has 3 aromatic heterocycles. The summed E-state index contributed by atoms with van der Waals surface area (Å²) in [5.74, 6) is 0.659. The van der Waals surface area contributed by atoms with E-state index < -0.39 is 0 Å². The molecule has 4 heterocycles. The Labute approximate surface area is 177 Å². The maximum absolute atomic E-state index is 4.55. The van der Waals surface area contributed by atoms with Crippen LogP contribution >= 0.6 is 0 Å². The first-order valence-electron chi connectivity index (χ1n) is 10.9. The summed E-state index contributed by atoms with van der Waals surface area (Å²) in [5.41, 5.74) is 7.03. The molecule has 1 saturated heterocycles. The molecule has 1 aliphatic rings. The first-order chi connectivity index (χ1) is 14.7. The minimum Gasteiger partial charge on any atom is -0.354 e. The van der Waals surface area contributed by atoms with Crippen molar-refractivity contribution in [3.63, 3.8) is 0 Å². The molecular weight excluding hydrogens is 370 g/mol. The summed E-state index contributed by atoms with van der Waals surface area (Å²) in [6.07, 6.45) is 6.20. The van der Waals surface area contributed by atoms with Crippen LogP contribution in [-0.4, -0.2) is 53.1 Å². The lowest BCUT2D eigenvalue weighted by Gasteiger charge is -2.32. The highest BCUT2D eigenvalue weighted by atomic mass is 15.1. The quantitative estimate of drug-likeness (QED) is 0.519. The van der Waals surface area contributed by atoms with Gasteiger partial charge in [0.15, 0.2) is 5.65 Å². The molecule has 1 aliphatic heterocycles. The Morgan fingerprint density at radius 1 is 1.13 bits per heavy atom. The second-order valence-electron chi connectivity index (χ2n) is 8.42. The van der Waals surface area contributed by atoms with E-state index in [1.807, 2.05) is 19.3 Å². The van der Waals surface area contributed by atoms with Gasteiger partial charge in [-0.2, -0.15) is 0 Å². The van der Waals surface area contributed by atoms with Crippen LogP contribution in [0.15, 0.2) is 48.8 Å². The Kier molecular flexibility index (Phi) is 5.23. The number of likely N-dealkylation sites (tertiary alicyclic amines) is 1. The van der Waals surface area contributed by atoms with E-state index in [9.17, 15) is 0 Å². The highest BCUT2D eigenvalue weighted by Gasteiger charge is 2.21. The van der Waals surface area contributed by atoms with Crippen molar-refractivity contribution in [1.29, 1.82) is 0 Å². The molecule has 5 rings (SSSR count). The molecule has 1 fully saturated rings. The lowest BCUT2D eigenvalue weighted by Crippen LogP contribution is -2.37. The number of piperidine rings is 1. The van der Waals surface area contributed by atoms with Gasteiger partial charge >= 0.3 is 0 Å². The zero-order chi connectivity index (χ0) is 20.5. The second kappa shape index (κ2) is 8.17. The van der Waals surface area contributed by atoms with Crippen molar-refractivity contribution in [1.82, 2.24) is 25.2 Å². The molecule has 0 atom stereocenters. The van der Waals surface area contributed by atoms with E-state index in [1.165, 1.54) is 48.0 Å². The van der Waals surface area contributed by atoms with E-state index in [2.05, 4.69) is 62.4 Å². The molecule has 5 nitrogen and oxygen atoms in total. The van der Waals surface area contributed by atoms with Crippen molar-refractivity contribution in [2.45, 2.75) is 25.7 Å². The number of nitrogens with one attached hydrogen (secondary N) is 2. The van der Waals surface area contributed by atoms with Gasteiger partial charge in [-0.1, -0.05) is 6.07 Å². The molecule has 1 aromatic carbocycles. The van der Waals surface area contributed by atoms with Gasteiger partial charge in [-0.05, 0) is 87.3 Å². The molecular formula is C25H29N5. The minimum atomic E-state index is 0.659. The molecule has 0 saturated carbocycles. The first kappa shape index (κ1) is 19.2. The Morgan fingerprint density at radius 2 is 2.00 bits per heavy atom. The van der Waals surface area contributed by atoms with Crippen LogP contribution in [0.5, 0.6) is 0 Å². The summed E-state index contributed by atoms with van der Waals surface area (Å²) in [6.45, 7) is 6.82. The maximum atomic E-state index is 4.55. The molecule has 30 heavy (non-hydrogen) atoms. The number of H-pyrrole nitrogens is 1. The van der Waals surface area contributed by atoms with E-state index in [1.54, 1.807) is 6.20 Å². The fourth-order valence-electron chi connectivity index (χ4n) is 4.75. The van der Waals surface area contributed by atoms with E-state index >= 15 is 0 Å². The van der Waals surface area contributed by atoms with E-state index in [-0.39, 0.29) is 0 Å². The zero-order valence-corrected chi connectivity index (χ0v) is 17.8. The number of nitrogens with zero attached hydrogens (tertiary/aromatic N) is 3. The molecule has 0 spiro atoms. The normalized spacial score (nSPS) is 15.9. The molecule has 5 heteroatoms. The largest absolute Gasteiger partial charge is 0.354 e. The number of pyridine rings is 2. The summed E-state index contributed by atoms with van der Waals surface area (Å²) < 4.78 is 0. The monoisotopic (exact) mass is 399 g/mol. The van der Waals surface area contributed by atoms with Crippen molar-refractivity contribution in [2.75, 3.05) is 33.2 Å². The van der Waals surface area contributed by atoms with Crippen molar-refractivity contribution in [2.24, 2.45) is 0 Å². The second-order valence-corrected chi connectivity index (χ2v) is 8.42. The van der Waals surface area contributed by atoms with Crippen LogP contribution < -0.4 is 5.32 Å². The third-order valence-electron chi connectivity index (χ3n) is 6.56. The number of benzene rings is 1. The van der Waals surface area contributed by atoms with E-state index in [4.69, 9.17) is 0 Å². The van der Waals surface area contributed by atoms with Gasteiger partial charge in [-0.3, -0.25) is 0 Å². The fraction of sp³-hybridized carbons (Fsp3) is 0.360. The van der Waals surface area contributed by atoms with Gasteiger partial charge in [-0.25, -0.2) is 9.97 Å². The van der Waals surface area contributed by atoms with Crippen molar-refractivity contribution >= 4 is 21.9 Å². The van der Waals surface area contributed by atoms with Crippen LogP contribution in [0.25, 0.3) is 33.2 Å². The SMILES string of the molecule is CNCCN1CCC(c2ccc3[nH]c(-c4cnc5ncccc5c4)c(C)c3c2)CC1. The van der Waals surface area contributed by atoms with Crippen LogP contribution in [0.2, 0.25) is 0 Å². The Hall–Kier alpha value is -2.76. The molecule has 0 aliphatic carbocycles. The number of fused-ring (bicyclic) bond motifs is 2. The first-order valence-corrected chi connectivity index (χ1v) is 10.9. The van der Waals surface area contributed by atoms with Gasteiger partial charge in [0, 0.05) is 47.3 Å². The third-order valence-corrected chi connectivity index (χ3v) is 6.56. The van der Waals surface area contributed by atoms with Gasteiger partial charge in [0.25, 0.3) is 0 Å². The standard InChI is InChI=1S/C25H29N5/c1-17-22-15-19(18-7-11-30(12-8-18)13-10-26-2)5-6-23(22)29-24(17)21-14-20-4-3-9-27-25(20)28-16-21/h3-6,9,14-16,18,26,29H,7-8,10-13H2,1-2H3. The molecule has 2 N–H and O–H groups in total. The van der Waals surface area contributed by atoms with E-state index in [0.717, 1.165) is 35.4 Å². The summed E-state index contributed by atoms with van der Waals surface area (Å²) in [5, 5.41) is 5.65. The summed E-state index contributed by atoms with van der Waals surface area (Å²) in [6, 6.07) is 13.2. The van der Waals surface area contributed by atoms with Gasteiger partial charge < -0.3 is 15.2 Å². The fourth-order valence-corrected chi connectivity index (χ4v) is 4.75. The van der Waals surface area contributed by atoms with Crippen LogP contribution in [0, 0.1) is 6.92 Å². The van der Waals surface area contributed by atoms with Crippen LogP contribution in [0.4, 0.5) is 0 Å². The number of aromatic amines is 1. The number of hydrogen-bond donors (Lipinski definition) is 2. The lowest BCUT2D eigenvalue weighted by molar-refractivity contribution is 0.214. The predicted molar refractivity (Wildman–Crippen MR) is 124 cm³/mol. The van der Waals surface area contributed by atoms with Crippen molar-refractivity contribution in [3.05, 3.63) is 59.9 Å². The highest BCUT2D eigenvalue weighted by molar-refractivity contribution is 5.92. The number of aromatic nitrogens is 3. The molecule has 0 amide bonds. The number of aryl methyl sites for hydroxylation is 1. The topological polar surface area (TPSA) is 56.8 Å². The Morgan fingerprint density at radius 3 is 2.83 bits per heavy atom. The van der Waals surface area contributed by atoms with Gasteiger partial charge in [0.05, 0.1) is 5.69 Å². The average Bonchev–Trinajstić information content (AvgIpc) is 3.13. The van der Waals surface area contributed by atoms with Crippen LogP contribution in [-0.2, 0) is 0 Å². The van der Waals surface area contributed by atoms with Crippen LogP contribution in [0.3, 0.4) is 0 Å². The summed E-state index contributed by atoms with van der Waals surface area (Å²) in [7, 11) is 2.03. The van der Waals surface area contributed by atoms with Gasteiger partial charge in [-0.15, -0.1) is 0 Å². The predicted octanol–water partition coefficient (Wildman–Crippen LogP) is 4.49. The highest BCUT2D eigenvalue weighted by Crippen LogP contribution is 2.34. The minimum absolute atomic E-state index is 0.659. The number of rotatable bonds is 5. The Bertz CT molecular complexity index is 1170. The lowest BCUT2D eigenvalue weighted by atomic mass is 9.88. The molecule has 4 aromatic rings. The average molecular weight is 400 g/mol. The molecule has 154 valence electrons. The third kappa shape index (κ3) is 3.59. The number of hydrogen-bond acceptors (Lipinski definition) is 4. The van der Waals surface area contributed by atoms with Gasteiger partial charge in [0.2, 0.25) is 0 Å². The van der Waals surface area contributed by atoms with Gasteiger partial charge in [0.1, 0.15) is 0 Å². The van der Waals surface area contributed by atoms with Crippen molar-refractivity contribution in [3.8, 4) is 11.3 Å². The maximum Gasteiger partial charge on any atom is 0.159 e. The Balaban J connectivity index is 1.42. The van der Waals surface area contributed by atoms with Crippen molar-refractivity contribution < 1.29 is 0 Å². The molecule has 0 bridgehead atoms. The van der Waals surface area contributed by atoms with E-state index in [0.29, 0.717) is 5.92 Å². The molecule has 0 radical (unpaired) electrons. The molecule has 0 unspecified atom stereocenters. The summed E-state index contributed by atoms with van der Waals surface area (Å²) >= 11 is 0. The smallest absolute Gasteiger partial charge is 0.159 e. The summed E-state index contributed by atoms with van der Waals surface area (Å²) in [4.78, 5) is 15.1. The number of likely N-dealkylation sites (N-methyl/N-ethyl adjacent to an activating group) is 1. The van der Waals surface area contributed by atoms with Crippen LogP contribution in [0.1, 0.15) is 29.9 Å². The zero-order valence-electron chi connectivity index (χ0n) is 17.8.